The molecule has 1 N–H and O–H groups in total. The van der Waals surface area contributed by atoms with E-state index in [0.29, 0.717) is 22.2 Å². The van der Waals surface area contributed by atoms with Gasteiger partial charge in [0, 0.05) is 11.2 Å². The van der Waals surface area contributed by atoms with Crippen LogP contribution in [0.3, 0.4) is 0 Å². The maximum Gasteiger partial charge on any atom is 0.274 e. The summed E-state index contributed by atoms with van der Waals surface area (Å²) in [6, 6.07) is 9.02. The second kappa shape index (κ2) is 7.15. The van der Waals surface area contributed by atoms with Gasteiger partial charge in [-0.1, -0.05) is 31.0 Å². The number of nitrogens with one attached hydrogen (secondary N) is 1. The zero-order valence-corrected chi connectivity index (χ0v) is 15.2. The minimum Gasteiger partial charge on any atom is -0.495 e. The molecule has 1 amide bonds. The second-order valence-corrected chi connectivity index (χ2v) is 6.28. The SMILES string of the molecule is CCCc1nc2c(C)cccn2c1C(=O)Nc1cc(Cl)ccc1OC. The average Bonchev–Trinajstić information content (AvgIpc) is 2.95. The van der Waals surface area contributed by atoms with E-state index in [0.717, 1.165) is 29.7 Å². The molecule has 3 aromatic rings. The lowest BCUT2D eigenvalue weighted by atomic mass is 10.2. The van der Waals surface area contributed by atoms with Gasteiger partial charge < -0.3 is 10.1 Å². The van der Waals surface area contributed by atoms with E-state index in [-0.39, 0.29) is 5.91 Å². The van der Waals surface area contributed by atoms with Crippen molar-refractivity contribution in [3.8, 4) is 5.75 Å². The third kappa shape index (κ3) is 3.33. The summed E-state index contributed by atoms with van der Waals surface area (Å²) in [5.74, 6) is 0.321. The molecule has 130 valence electrons. The predicted molar refractivity (Wildman–Crippen MR) is 99.9 cm³/mol. The summed E-state index contributed by atoms with van der Waals surface area (Å²) < 4.78 is 7.15. The number of methoxy groups -OCH3 is 1. The number of hydrogen-bond acceptors (Lipinski definition) is 3. The number of carbonyl (C=O) groups excluding carboxylic acids is 1. The molecule has 5 nitrogen and oxygen atoms in total. The van der Waals surface area contributed by atoms with Gasteiger partial charge in [-0.05, 0) is 43.2 Å². The van der Waals surface area contributed by atoms with E-state index in [2.05, 4.69) is 17.2 Å². The molecule has 0 unspecified atom stereocenters. The van der Waals surface area contributed by atoms with Gasteiger partial charge in [0.05, 0.1) is 18.5 Å². The summed E-state index contributed by atoms with van der Waals surface area (Å²) in [6.07, 6.45) is 3.50. The van der Waals surface area contributed by atoms with Crippen LogP contribution in [0.15, 0.2) is 36.5 Å². The summed E-state index contributed by atoms with van der Waals surface area (Å²) in [5.41, 5.74) is 3.69. The summed E-state index contributed by atoms with van der Waals surface area (Å²) in [4.78, 5) is 17.7. The van der Waals surface area contributed by atoms with Crippen LogP contribution in [-0.4, -0.2) is 22.4 Å². The van der Waals surface area contributed by atoms with Crippen LogP contribution in [-0.2, 0) is 6.42 Å². The number of fused-ring (bicyclic) bond motifs is 1. The van der Waals surface area contributed by atoms with Crippen LogP contribution in [0, 0.1) is 6.92 Å². The first-order chi connectivity index (χ1) is 12.0. The van der Waals surface area contributed by atoms with Crippen molar-refractivity contribution in [3.63, 3.8) is 0 Å². The number of rotatable bonds is 5. The zero-order valence-electron chi connectivity index (χ0n) is 14.5. The van der Waals surface area contributed by atoms with E-state index in [4.69, 9.17) is 16.3 Å². The van der Waals surface area contributed by atoms with Gasteiger partial charge in [-0.3, -0.25) is 9.20 Å². The monoisotopic (exact) mass is 357 g/mol. The minimum atomic E-state index is -0.234. The molecular formula is C19H20ClN3O2. The Labute approximate surface area is 151 Å². The lowest BCUT2D eigenvalue weighted by Gasteiger charge is -2.11. The van der Waals surface area contributed by atoms with Crippen LogP contribution in [0.25, 0.3) is 5.65 Å². The van der Waals surface area contributed by atoms with Crippen molar-refractivity contribution in [1.29, 1.82) is 0 Å². The van der Waals surface area contributed by atoms with Crippen LogP contribution in [0.2, 0.25) is 5.02 Å². The van der Waals surface area contributed by atoms with Gasteiger partial charge in [0.25, 0.3) is 5.91 Å². The highest BCUT2D eigenvalue weighted by atomic mass is 35.5. The highest BCUT2D eigenvalue weighted by molar-refractivity contribution is 6.31. The number of anilines is 1. The second-order valence-electron chi connectivity index (χ2n) is 5.84. The first-order valence-electron chi connectivity index (χ1n) is 8.16. The normalized spacial score (nSPS) is 10.9. The van der Waals surface area contributed by atoms with Crippen molar-refractivity contribution in [2.24, 2.45) is 0 Å². The highest BCUT2D eigenvalue weighted by Crippen LogP contribution is 2.28. The number of hydrogen-bond donors (Lipinski definition) is 1. The van der Waals surface area contributed by atoms with Crippen LogP contribution in [0.1, 0.15) is 35.1 Å². The lowest BCUT2D eigenvalue weighted by Crippen LogP contribution is -2.17. The largest absolute Gasteiger partial charge is 0.495 e. The Bertz CT molecular complexity index is 934. The van der Waals surface area contributed by atoms with E-state index in [1.165, 1.54) is 0 Å². The van der Waals surface area contributed by atoms with Gasteiger partial charge in [-0.15, -0.1) is 0 Å². The van der Waals surface area contributed by atoms with Crippen LogP contribution in [0.4, 0.5) is 5.69 Å². The van der Waals surface area contributed by atoms with Crippen LogP contribution < -0.4 is 10.1 Å². The number of aryl methyl sites for hydroxylation is 2. The number of ether oxygens (including phenoxy) is 1. The molecule has 0 saturated heterocycles. The molecule has 6 heteroatoms. The van der Waals surface area contributed by atoms with Crippen LogP contribution in [0.5, 0.6) is 5.75 Å². The molecule has 0 aliphatic rings. The number of carbonyl (C=O) groups is 1. The molecule has 2 aromatic heterocycles. The fourth-order valence-corrected chi connectivity index (χ4v) is 3.03. The molecule has 3 rings (SSSR count). The molecule has 0 fully saturated rings. The number of halogens is 1. The van der Waals surface area contributed by atoms with E-state index in [9.17, 15) is 4.79 Å². The first-order valence-corrected chi connectivity index (χ1v) is 8.54. The van der Waals surface area contributed by atoms with Crippen molar-refractivity contribution in [3.05, 3.63) is 58.5 Å². The Hall–Kier alpha value is -2.53. The van der Waals surface area contributed by atoms with Crippen molar-refractivity contribution >= 4 is 28.8 Å². The maximum atomic E-state index is 13.0. The summed E-state index contributed by atoms with van der Waals surface area (Å²) >= 11 is 6.05. The van der Waals surface area contributed by atoms with Crippen molar-refractivity contribution in [2.45, 2.75) is 26.7 Å². The Balaban J connectivity index is 2.06. The summed E-state index contributed by atoms with van der Waals surface area (Å²) in [5, 5.41) is 3.43. The van der Waals surface area contributed by atoms with E-state index >= 15 is 0 Å². The Morgan fingerprint density at radius 1 is 1.36 bits per heavy atom. The van der Waals surface area contributed by atoms with Crippen LogP contribution >= 0.6 is 11.6 Å². The van der Waals surface area contributed by atoms with E-state index in [1.807, 2.05) is 29.7 Å². The topological polar surface area (TPSA) is 55.6 Å². The van der Waals surface area contributed by atoms with Gasteiger partial charge in [0.15, 0.2) is 0 Å². The molecule has 0 spiro atoms. The lowest BCUT2D eigenvalue weighted by molar-refractivity contribution is 0.102. The van der Waals surface area contributed by atoms with E-state index < -0.39 is 0 Å². The zero-order chi connectivity index (χ0) is 18.0. The molecule has 0 atom stereocenters. The maximum absolute atomic E-state index is 13.0. The predicted octanol–water partition coefficient (Wildman–Crippen LogP) is 4.51. The van der Waals surface area contributed by atoms with Crippen molar-refractivity contribution < 1.29 is 9.53 Å². The number of benzene rings is 1. The number of nitrogens with zero attached hydrogens (tertiary/aromatic N) is 2. The van der Waals surface area contributed by atoms with Gasteiger partial charge in [0.1, 0.15) is 17.1 Å². The van der Waals surface area contributed by atoms with Gasteiger partial charge in [0.2, 0.25) is 0 Å². The molecule has 0 bridgehead atoms. The average molecular weight is 358 g/mol. The highest BCUT2D eigenvalue weighted by Gasteiger charge is 2.20. The quantitative estimate of drug-likeness (QED) is 0.731. The van der Waals surface area contributed by atoms with Crippen molar-refractivity contribution in [2.75, 3.05) is 12.4 Å². The number of pyridine rings is 1. The van der Waals surface area contributed by atoms with E-state index in [1.54, 1.807) is 25.3 Å². The van der Waals surface area contributed by atoms with Gasteiger partial charge >= 0.3 is 0 Å². The number of amides is 1. The van der Waals surface area contributed by atoms with Crippen molar-refractivity contribution in [1.82, 2.24) is 9.38 Å². The first kappa shape index (κ1) is 17.3. The molecule has 1 aromatic carbocycles. The smallest absolute Gasteiger partial charge is 0.274 e. The fraction of sp³-hybridized carbons (Fsp3) is 0.263. The molecule has 0 aliphatic carbocycles. The minimum absolute atomic E-state index is 0.234. The third-order valence-electron chi connectivity index (χ3n) is 4.03. The Kier molecular flexibility index (Phi) is 4.95. The molecule has 0 aliphatic heterocycles. The number of aromatic nitrogens is 2. The number of imidazole rings is 1. The molecular weight excluding hydrogens is 338 g/mol. The summed E-state index contributed by atoms with van der Waals surface area (Å²) in [7, 11) is 1.55. The van der Waals surface area contributed by atoms with Gasteiger partial charge in [-0.2, -0.15) is 0 Å². The standard InChI is InChI=1S/C19H20ClN3O2/c1-4-6-14-17(23-10-5-7-12(2)18(23)21-14)19(24)22-15-11-13(20)8-9-16(15)25-3/h5,7-11H,4,6H2,1-3H3,(H,22,24). The Morgan fingerprint density at radius 2 is 2.16 bits per heavy atom. The Morgan fingerprint density at radius 3 is 2.88 bits per heavy atom. The molecule has 25 heavy (non-hydrogen) atoms. The molecule has 0 saturated carbocycles. The van der Waals surface area contributed by atoms with Gasteiger partial charge in [-0.25, -0.2) is 4.98 Å². The fourth-order valence-electron chi connectivity index (χ4n) is 2.86. The summed E-state index contributed by atoms with van der Waals surface area (Å²) in [6.45, 7) is 4.05. The molecule has 0 radical (unpaired) electrons. The molecule has 2 heterocycles. The third-order valence-corrected chi connectivity index (χ3v) is 4.26.